The second-order valence-corrected chi connectivity index (χ2v) is 7.46. The van der Waals surface area contributed by atoms with Gasteiger partial charge in [0.2, 0.25) is 0 Å². The van der Waals surface area contributed by atoms with Crippen LogP contribution in [-0.2, 0) is 0 Å². The lowest BCUT2D eigenvalue weighted by Gasteiger charge is -2.39. The number of alkyl halides is 1. The van der Waals surface area contributed by atoms with Gasteiger partial charge < -0.3 is 10.4 Å². The van der Waals surface area contributed by atoms with Crippen LogP contribution in [0.1, 0.15) is 31.4 Å². The SMILES string of the molecule is Oc1cc(-n2ccnc2)ncc1-c1ncc(/C=C2\CC3CCCC(N3)[C@H]2F)nn1. The van der Waals surface area contributed by atoms with E-state index in [1.165, 1.54) is 12.3 Å². The Hall–Kier alpha value is -3.20. The quantitative estimate of drug-likeness (QED) is 0.705. The molecule has 2 N–H and O–H groups in total. The van der Waals surface area contributed by atoms with Gasteiger partial charge in [-0.2, -0.15) is 0 Å². The first-order valence-electron chi connectivity index (χ1n) is 9.65. The van der Waals surface area contributed by atoms with Gasteiger partial charge in [0.25, 0.3) is 0 Å². The van der Waals surface area contributed by atoms with Crippen LogP contribution in [0.15, 0.2) is 42.8 Å². The average molecular weight is 393 g/mol. The van der Waals surface area contributed by atoms with E-state index in [9.17, 15) is 9.50 Å². The van der Waals surface area contributed by atoms with Crippen molar-refractivity contribution in [3.8, 4) is 23.0 Å². The molecular weight excluding hydrogens is 373 g/mol. The fourth-order valence-corrected chi connectivity index (χ4v) is 4.05. The molecule has 0 aliphatic carbocycles. The van der Waals surface area contributed by atoms with Crippen molar-refractivity contribution in [2.45, 2.75) is 43.9 Å². The van der Waals surface area contributed by atoms with Crippen LogP contribution >= 0.6 is 0 Å². The molecule has 2 unspecified atom stereocenters. The summed E-state index contributed by atoms with van der Waals surface area (Å²) in [5.74, 6) is 0.781. The van der Waals surface area contributed by atoms with E-state index in [4.69, 9.17) is 0 Å². The largest absolute Gasteiger partial charge is 0.507 e. The van der Waals surface area contributed by atoms with Crippen molar-refractivity contribution in [1.29, 1.82) is 0 Å². The molecule has 3 aromatic rings. The average Bonchev–Trinajstić information content (AvgIpc) is 3.28. The van der Waals surface area contributed by atoms with Crippen molar-refractivity contribution in [3.05, 3.63) is 48.4 Å². The Balaban J connectivity index is 1.38. The van der Waals surface area contributed by atoms with Crippen LogP contribution in [0.4, 0.5) is 4.39 Å². The summed E-state index contributed by atoms with van der Waals surface area (Å²) in [4.78, 5) is 12.6. The molecule has 2 saturated heterocycles. The van der Waals surface area contributed by atoms with Gasteiger partial charge in [0.1, 0.15) is 29.8 Å². The van der Waals surface area contributed by atoms with E-state index in [1.54, 1.807) is 35.6 Å². The van der Waals surface area contributed by atoms with Gasteiger partial charge in [0, 0.05) is 36.7 Å². The number of nitrogens with zero attached hydrogens (tertiary/aromatic N) is 6. The minimum Gasteiger partial charge on any atom is -0.507 e. The van der Waals surface area contributed by atoms with Crippen LogP contribution in [-0.4, -0.2) is 53.1 Å². The van der Waals surface area contributed by atoms with Crippen LogP contribution in [0.2, 0.25) is 0 Å². The Kier molecular flexibility index (Phi) is 4.51. The second-order valence-electron chi connectivity index (χ2n) is 7.46. The summed E-state index contributed by atoms with van der Waals surface area (Å²) >= 11 is 0. The lowest BCUT2D eigenvalue weighted by Crippen LogP contribution is -2.52. The highest BCUT2D eigenvalue weighted by molar-refractivity contribution is 5.63. The van der Waals surface area contributed by atoms with E-state index in [-0.39, 0.29) is 17.6 Å². The number of nitrogens with one attached hydrogen (secondary N) is 1. The molecule has 0 aromatic carbocycles. The first kappa shape index (κ1) is 17.9. The molecule has 2 bridgehead atoms. The standard InChI is InChI=1S/C20H20FN7O/c21-19-12(6-13-2-1-3-16(19)25-13)7-14-9-24-20(27-26-14)15-10-23-18(8-17(15)29)28-5-4-22-11-28/h4-5,7-11,13,16,19,25H,1-3,6H2,(H,23,29)/b12-7+/t13?,16?,19-/m0/s1. The highest BCUT2D eigenvalue weighted by Crippen LogP contribution is 2.32. The van der Waals surface area contributed by atoms with Crippen molar-refractivity contribution in [1.82, 2.24) is 35.0 Å². The van der Waals surface area contributed by atoms with E-state index in [0.717, 1.165) is 24.8 Å². The molecule has 2 fully saturated rings. The Morgan fingerprint density at radius 1 is 1.21 bits per heavy atom. The predicted molar refractivity (Wildman–Crippen MR) is 104 cm³/mol. The zero-order valence-corrected chi connectivity index (χ0v) is 15.6. The number of pyridine rings is 1. The molecule has 0 spiro atoms. The third kappa shape index (κ3) is 3.49. The van der Waals surface area contributed by atoms with Crippen LogP contribution in [0.25, 0.3) is 23.3 Å². The number of aromatic nitrogens is 6. The zero-order valence-electron chi connectivity index (χ0n) is 15.6. The zero-order chi connectivity index (χ0) is 19.8. The number of hydrogen-bond acceptors (Lipinski definition) is 7. The van der Waals surface area contributed by atoms with E-state index in [1.807, 2.05) is 0 Å². The maximum atomic E-state index is 14.7. The van der Waals surface area contributed by atoms with Crippen LogP contribution in [0.5, 0.6) is 5.75 Å². The fourth-order valence-electron chi connectivity index (χ4n) is 4.05. The summed E-state index contributed by atoms with van der Waals surface area (Å²) in [5.41, 5.74) is 1.63. The molecular formula is C20H20FN7O. The normalized spacial score (nSPS) is 25.3. The first-order valence-corrected chi connectivity index (χ1v) is 9.65. The molecule has 9 heteroatoms. The van der Waals surface area contributed by atoms with E-state index < -0.39 is 6.17 Å². The molecule has 0 radical (unpaired) electrons. The summed E-state index contributed by atoms with van der Waals surface area (Å²) in [6.07, 6.45) is 12.4. The summed E-state index contributed by atoms with van der Waals surface area (Å²) in [7, 11) is 0. The van der Waals surface area contributed by atoms with Gasteiger partial charge in [-0.3, -0.25) is 4.57 Å². The number of halogens is 1. The van der Waals surface area contributed by atoms with Gasteiger partial charge >= 0.3 is 0 Å². The van der Waals surface area contributed by atoms with E-state index >= 15 is 0 Å². The number of fused-ring (bicyclic) bond motifs is 2. The maximum absolute atomic E-state index is 14.7. The van der Waals surface area contributed by atoms with Gasteiger partial charge in [-0.1, -0.05) is 6.42 Å². The van der Waals surface area contributed by atoms with Gasteiger partial charge in [-0.05, 0) is 30.9 Å². The summed E-state index contributed by atoms with van der Waals surface area (Å²) in [6, 6.07) is 1.74. The van der Waals surface area contributed by atoms with Gasteiger partial charge in [-0.15, -0.1) is 10.2 Å². The number of imidazole rings is 1. The minimum absolute atomic E-state index is 0.00777. The summed E-state index contributed by atoms with van der Waals surface area (Å²) in [5, 5.41) is 22.0. The van der Waals surface area contributed by atoms with Crippen LogP contribution in [0.3, 0.4) is 0 Å². The third-order valence-corrected chi connectivity index (χ3v) is 5.50. The first-order chi connectivity index (χ1) is 14.2. The van der Waals surface area contributed by atoms with Crippen molar-refractivity contribution < 1.29 is 9.50 Å². The van der Waals surface area contributed by atoms with Crippen LogP contribution < -0.4 is 5.32 Å². The Morgan fingerprint density at radius 2 is 2.14 bits per heavy atom. The predicted octanol–water partition coefficient (Wildman–Crippen LogP) is 2.46. The van der Waals surface area contributed by atoms with E-state index in [0.29, 0.717) is 29.5 Å². The number of hydrogen-bond donors (Lipinski definition) is 2. The summed E-state index contributed by atoms with van der Waals surface area (Å²) < 4.78 is 16.4. The van der Waals surface area contributed by atoms with Gasteiger partial charge in [0.15, 0.2) is 5.82 Å². The van der Waals surface area contributed by atoms with Crippen molar-refractivity contribution in [2.75, 3.05) is 0 Å². The monoisotopic (exact) mass is 393 g/mol. The molecule has 5 rings (SSSR count). The Labute approximate surface area is 166 Å². The molecule has 0 amide bonds. The van der Waals surface area contributed by atoms with Crippen molar-refractivity contribution in [3.63, 3.8) is 0 Å². The molecule has 0 saturated carbocycles. The van der Waals surface area contributed by atoms with Gasteiger partial charge in [-0.25, -0.2) is 19.3 Å². The molecule has 3 aromatic heterocycles. The lowest BCUT2D eigenvalue weighted by molar-refractivity contribution is 0.179. The van der Waals surface area contributed by atoms with Crippen molar-refractivity contribution >= 4 is 6.08 Å². The number of rotatable bonds is 3. The third-order valence-electron chi connectivity index (χ3n) is 5.50. The Morgan fingerprint density at radius 3 is 2.90 bits per heavy atom. The smallest absolute Gasteiger partial charge is 0.187 e. The molecule has 2 aliphatic heterocycles. The van der Waals surface area contributed by atoms with E-state index in [2.05, 4.69) is 30.5 Å². The molecule has 29 heavy (non-hydrogen) atoms. The molecule has 2 aliphatic rings. The Bertz CT molecular complexity index is 1040. The highest BCUT2D eigenvalue weighted by atomic mass is 19.1. The minimum atomic E-state index is -1.00. The number of aromatic hydroxyl groups is 1. The molecule has 148 valence electrons. The molecule has 3 atom stereocenters. The molecule has 5 heterocycles. The fraction of sp³-hybridized carbons (Fsp3) is 0.350. The van der Waals surface area contributed by atoms with Crippen LogP contribution in [0, 0.1) is 0 Å². The second kappa shape index (κ2) is 7.32. The molecule has 8 nitrogen and oxygen atoms in total. The number of piperidine rings is 2. The van der Waals surface area contributed by atoms with Crippen molar-refractivity contribution in [2.24, 2.45) is 0 Å². The topological polar surface area (TPSA) is 102 Å². The lowest BCUT2D eigenvalue weighted by atomic mass is 9.82. The summed E-state index contributed by atoms with van der Waals surface area (Å²) in [6.45, 7) is 0. The van der Waals surface area contributed by atoms with Gasteiger partial charge in [0.05, 0.1) is 11.8 Å². The maximum Gasteiger partial charge on any atom is 0.187 e. The highest BCUT2D eigenvalue weighted by Gasteiger charge is 2.36.